The van der Waals surface area contributed by atoms with E-state index in [0.29, 0.717) is 5.33 Å². The van der Waals surface area contributed by atoms with Crippen LogP contribution in [0.5, 0.6) is 0 Å². The van der Waals surface area contributed by atoms with Gasteiger partial charge in [0.25, 0.3) is 0 Å². The van der Waals surface area contributed by atoms with Gasteiger partial charge in [0, 0.05) is 5.33 Å². The zero-order valence-electron chi connectivity index (χ0n) is 7.06. The number of hydrogen-bond donors (Lipinski definition) is 1. The molecule has 2 N–H and O–H groups in total. The van der Waals surface area contributed by atoms with Crippen LogP contribution in [-0.4, -0.2) is 17.5 Å². The number of amides is 1. The molecule has 0 aromatic carbocycles. The van der Waals surface area contributed by atoms with Crippen molar-refractivity contribution in [3.63, 3.8) is 0 Å². The molecule has 66 valence electrons. The number of ether oxygens (including phenoxy) is 1. The van der Waals surface area contributed by atoms with Crippen LogP contribution in [0.3, 0.4) is 0 Å². The van der Waals surface area contributed by atoms with Crippen LogP contribution in [0.4, 0.5) is 4.79 Å². The van der Waals surface area contributed by atoms with E-state index in [9.17, 15) is 4.79 Å². The Balaban J connectivity index is 4.07. The fourth-order valence-electron chi connectivity index (χ4n) is 0.580. The van der Waals surface area contributed by atoms with Crippen molar-refractivity contribution in [3.8, 4) is 0 Å². The van der Waals surface area contributed by atoms with Crippen molar-refractivity contribution >= 4 is 22.0 Å². The van der Waals surface area contributed by atoms with E-state index in [1.165, 1.54) is 0 Å². The van der Waals surface area contributed by atoms with Crippen molar-refractivity contribution < 1.29 is 9.53 Å². The third kappa shape index (κ3) is 4.24. The molecule has 1 amide bonds. The number of hydrogen-bond acceptors (Lipinski definition) is 2. The van der Waals surface area contributed by atoms with Gasteiger partial charge < -0.3 is 10.5 Å². The SMILES string of the molecule is CC(C)(C)C(CBr)OC(N)=O. The minimum Gasteiger partial charge on any atom is -0.445 e. The zero-order chi connectivity index (χ0) is 9.07. The van der Waals surface area contributed by atoms with Crippen LogP contribution in [0.15, 0.2) is 0 Å². The van der Waals surface area contributed by atoms with Crippen molar-refractivity contribution in [2.45, 2.75) is 26.9 Å². The van der Waals surface area contributed by atoms with Crippen LogP contribution in [0.1, 0.15) is 20.8 Å². The first kappa shape index (κ1) is 10.8. The van der Waals surface area contributed by atoms with Gasteiger partial charge in [-0.15, -0.1) is 0 Å². The first-order valence-electron chi connectivity index (χ1n) is 3.40. The summed E-state index contributed by atoms with van der Waals surface area (Å²) >= 11 is 3.25. The van der Waals surface area contributed by atoms with Gasteiger partial charge in [-0.2, -0.15) is 0 Å². The molecule has 1 unspecified atom stereocenters. The summed E-state index contributed by atoms with van der Waals surface area (Å²) in [6.07, 6.45) is -0.885. The molecular weight excluding hydrogens is 210 g/mol. The minimum atomic E-state index is -0.718. The summed E-state index contributed by atoms with van der Waals surface area (Å²) in [4.78, 5) is 10.4. The first-order valence-corrected chi connectivity index (χ1v) is 4.52. The Morgan fingerprint density at radius 2 is 2.09 bits per heavy atom. The first-order chi connectivity index (χ1) is 4.88. The lowest BCUT2D eigenvalue weighted by atomic mass is 9.90. The average molecular weight is 224 g/mol. The Hall–Kier alpha value is -0.250. The Morgan fingerprint density at radius 3 is 2.18 bits per heavy atom. The van der Waals surface area contributed by atoms with Crippen molar-refractivity contribution in [1.82, 2.24) is 0 Å². The summed E-state index contributed by atoms with van der Waals surface area (Å²) in [5.41, 5.74) is 4.81. The van der Waals surface area contributed by atoms with Gasteiger partial charge in [0.2, 0.25) is 0 Å². The second-order valence-corrected chi connectivity index (χ2v) is 4.09. The molecular formula is C7H14BrNO2. The summed E-state index contributed by atoms with van der Waals surface area (Å²) in [5.74, 6) is 0. The molecule has 0 heterocycles. The van der Waals surface area contributed by atoms with E-state index >= 15 is 0 Å². The third-order valence-electron chi connectivity index (χ3n) is 1.36. The van der Waals surface area contributed by atoms with E-state index < -0.39 is 6.09 Å². The topological polar surface area (TPSA) is 52.3 Å². The van der Waals surface area contributed by atoms with E-state index in [1.807, 2.05) is 20.8 Å². The van der Waals surface area contributed by atoms with E-state index in [2.05, 4.69) is 15.9 Å². The molecule has 1 atom stereocenters. The molecule has 0 rings (SSSR count). The third-order valence-corrected chi connectivity index (χ3v) is 1.95. The largest absolute Gasteiger partial charge is 0.445 e. The van der Waals surface area contributed by atoms with E-state index in [-0.39, 0.29) is 11.5 Å². The van der Waals surface area contributed by atoms with Crippen LogP contribution in [-0.2, 0) is 4.74 Å². The zero-order valence-corrected chi connectivity index (χ0v) is 8.64. The second-order valence-electron chi connectivity index (χ2n) is 3.45. The molecule has 0 aliphatic heterocycles. The molecule has 0 saturated carbocycles. The lowest BCUT2D eigenvalue weighted by molar-refractivity contribution is 0.0537. The van der Waals surface area contributed by atoms with Gasteiger partial charge in [-0.3, -0.25) is 0 Å². The summed E-state index contributed by atoms with van der Waals surface area (Å²) < 4.78 is 4.86. The normalized spacial score (nSPS) is 14.2. The Kier molecular flexibility index (Phi) is 3.86. The van der Waals surface area contributed by atoms with E-state index in [4.69, 9.17) is 10.5 Å². The van der Waals surface area contributed by atoms with Gasteiger partial charge in [-0.25, -0.2) is 4.79 Å². The second kappa shape index (κ2) is 3.95. The van der Waals surface area contributed by atoms with Gasteiger partial charge in [-0.05, 0) is 5.41 Å². The van der Waals surface area contributed by atoms with Gasteiger partial charge in [-0.1, -0.05) is 36.7 Å². The quantitative estimate of drug-likeness (QED) is 0.728. The maximum absolute atomic E-state index is 10.4. The molecule has 0 aliphatic carbocycles. The van der Waals surface area contributed by atoms with Crippen molar-refractivity contribution in [2.75, 3.05) is 5.33 Å². The summed E-state index contributed by atoms with van der Waals surface area (Å²) in [6, 6.07) is 0. The molecule has 11 heavy (non-hydrogen) atoms. The predicted molar refractivity (Wildman–Crippen MR) is 47.7 cm³/mol. The smallest absolute Gasteiger partial charge is 0.404 e. The number of rotatable bonds is 2. The highest BCUT2D eigenvalue weighted by Gasteiger charge is 2.26. The summed E-state index contributed by atoms with van der Waals surface area (Å²) in [7, 11) is 0. The predicted octanol–water partition coefficient (Wildman–Crippen LogP) is 1.89. The van der Waals surface area contributed by atoms with Crippen molar-refractivity contribution in [3.05, 3.63) is 0 Å². The molecule has 0 saturated heterocycles. The highest BCUT2D eigenvalue weighted by atomic mass is 79.9. The van der Waals surface area contributed by atoms with E-state index in [1.54, 1.807) is 0 Å². The van der Waals surface area contributed by atoms with Gasteiger partial charge in [0.1, 0.15) is 6.10 Å². The number of alkyl halides is 1. The molecule has 4 heteroatoms. The number of carbonyl (C=O) groups excluding carboxylic acids is 1. The fraction of sp³-hybridized carbons (Fsp3) is 0.857. The van der Waals surface area contributed by atoms with Crippen molar-refractivity contribution in [1.29, 1.82) is 0 Å². The lowest BCUT2D eigenvalue weighted by Gasteiger charge is -2.27. The van der Waals surface area contributed by atoms with Crippen LogP contribution in [0.2, 0.25) is 0 Å². The molecule has 0 aromatic rings. The number of halogens is 1. The fourth-order valence-corrected chi connectivity index (χ4v) is 1.68. The maximum Gasteiger partial charge on any atom is 0.404 e. The Morgan fingerprint density at radius 1 is 1.64 bits per heavy atom. The molecule has 0 fully saturated rings. The molecule has 0 bridgehead atoms. The Bertz CT molecular complexity index is 142. The number of primary amides is 1. The Labute approximate surface area is 75.4 Å². The molecule has 0 spiro atoms. The maximum atomic E-state index is 10.4. The average Bonchev–Trinajstić information content (AvgIpc) is 1.79. The van der Waals surface area contributed by atoms with Crippen LogP contribution in [0, 0.1) is 5.41 Å². The molecule has 3 nitrogen and oxygen atoms in total. The van der Waals surface area contributed by atoms with E-state index in [0.717, 1.165) is 0 Å². The van der Waals surface area contributed by atoms with Crippen LogP contribution in [0.25, 0.3) is 0 Å². The highest BCUT2D eigenvalue weighted by Crippen LogP contribution is 2.23. The number of carbonyl (C=O) groups is 1. The highest BCUT2D eigenvalue weighted by molar-refractivity contribution is 9.09. The lowest BCUT2D eigenvalue weighted by Crippen LogP contribution is -2.34. The summed E-state index contributed by atoms with van der Waals surface area (Å²) in [5, 5.41) is 0.611. The van der Waals surface area contributed by atoms with Crippen LogP contribution < -0.4 is 5.73 Å². The molecule has 0 radical (unpaired) electrons. The molecule has 0 aliphatic rings. The number of nitrogens with two attached hydrogens (primary N) is 1. The summed E-state index contributed by atoms with van der Waals surface area (Å²) in [6.45, 7) is 5.96. The van der Waals surface area contributed by atoms with Gasteiger partial charge in [0.15, 0.2) is 0 Å². The standard InChI is InChI=1S/C7H14BrNO2/c1-7(2,3)5(4-8)11-6(9)10/h5H,4H2,1-3H3,(H2,9,10). The molecule has 0 aromatic heterocycles. The monoisotopic (exact) mass is 223 g/mol. The van der Waals surface area contributed by atoms with Gasteiger partial charge in [0.05, 0.1) is 0 Å². The van der Waals surface area contributed by atoms with Crippen LogP contribution >= 0.6 is 15.9 Å². The van der Waals surface area contributed by atoms with Crippen molar-refractivity contribution in [2.24, 2.45) is 11.1 Å². The van der Waals surface area contributed by atoms with Gasteiger partial charge >= 0.3 is 6.09 Å². The minimum absolute atomic E-state index is 0.0709.